The van der Waals surface area contributed by atoms with Crippen LogP contribution < -0.4 is 10.6 Å². The van der Waals surface area contributed by atoms with Gasteiger partial charge in [-0.05, 0) is 24.3 Å². The second kappa shape index (κ2) is 8.55. The van der Waals surface area contributed by atoms with Gasteiger partial charge in [-0.2, -0.15) is 18.2 Å². The summed E-state index contributed by atoms with van der Waals surface area (Å²) in [7, 11) is 0. The quantitative estimate of drug-likeness (QED) is 0.393. The molecule has 0 spiro atoms. The van der Waals surface area contributed by atoms with Crippen LogP contribution in [-0.4, -0.2) is 37.5 Å². The van der Waals surface area contributed by atoms with Crippen molar-refractivity contribution in [3.8, 4) is 11.5 Å². The number of aromatic amines is 1. The highest BCUT2D eigenvalue weighted by Crippen LogP contribution is 2.34. The van der Waals surface area contributed by atoms with Gasteiger partial charge in [0.15, 0.2) is 5.82 Å². The third-order valence-corrected chi connectivity index (χ3v) is 3.83. The molecule has 2 heterocycles. The third-order valence-electron chi connectivity index (χ3n) is 3.83. The summed E-state index contributed by atoms with van der Waals surface area (Å²) in [6.45, 7) is -0.0600. The molecule has 156 valence electrons. The maximum absolute atomic E-state index is 12.7. The highest BCUT2D eigenvalue weighted by molar-refractivity contribution is 5.89. The molecule has 2 aromatic heterocycles. The summed E-state index contributed by atoms with van der Waals surface area (Å²) >= 11 is 0. The zero-order valence-electron chi connectivity index (χ0n) is 15.1. The minimum atomic E-state index is -4.70. The number of carbonyl (C=O) groups is 1. The van der Waals surface area contributed by atoms with E-state index in [1.165, 1.54) is 0 Å². The number of amides is 1. The smallest absolute Gasteiger partial charge is 0.379 e. The molecule has 0 aliphatic carbocycles. The van der Waals surface area contributed by atoms with Crippen LogP contribution >= 0.6 is 0 Å². The molecule has 1 amide bonds. The van der Waals surface area contributed by atoms with Gasteiger partial charge in [0.05, 0.1) is 10.5 Å². The lowest BCUT2D eigenvalue weighted by atomic mass is 10.1. The average Bonchev–Trinajstić information content (AvgIpc) is 3.16. The number of benzene rings is 1. The maximum atomic E-state index is 12.7. The van der Waals surface area contributed by atoms with Crippen LogP contribution in [0.5, 0.6) is 0 Å². The maximum Gasteiger partial charge on any atom is 0.416 e. The SMILES string of the molecule is O=C(CCNc1ccc(C(F)(F)F)cc1[N+](=O)[O-])Nc1n[nH]c(-c2ccccn2)n1. The Morgan fingerprint density at radius 2 is 2.03 bits per heavy atom. The van der Waals surface area contributed by atoms with Crippen LogP contribution in [0.4, 0.5) is 30.5 Å². The van der Waals surface area contributed by atoms with Crippen molar-refractivity contribution >= 4 is 23.2 Å². The Hall–Kier alpha value is -4.03. The third kappa shape index (κ3) is 5.06. The Kier molecular flexibility index (Phi) is 5.90. The van der Waals surface area contributed by atoms with Crippen molar-refractivity contribution in [1.29, 1.82) is 0 Å². The van der Waals surface area contributed by atoms with Gasteiger partial charge in [0.25, 0.3) is 5.69 Å². The number of hydrogen-bond acceptors (Lipinski definition) is 7. The molecular formula is C17H14F3N7O3. The fourth-order valence-corrected chi connectivity index (χ4v) is 2.44. The second-order valence-electron chi connectivity index (χ2n) is 5.93. The molecule has 0 aliphatic heterocycles. The van der Waals surface area contributed by atoms with Gasteiger partial charge in [0.2, 0.25) is 11.9 Å². The molecule has 0 fully saturated rings. The number of hydrogen-bond donors (Lipinski definition) is 3. The molecule has 0 atom stereocenters. The van der Waals surface area contributed by atoms with E-state index in [1.807, 2.05) is 0 Å². The van der Waals surface area contributed by atoms with Crippen LogP contribution in [0.25, 0.3) is 11.5 Å². The van der Waals surface area contributed by atoms with E-state index in [1.54, 1.807) is 24.4 Å². The summed E-state index contributed by atoms with van der Waals surface area (Å²) in [4.78, 5) is 30.3. The van der Waals surface area contributed by atoms with E-state index in [9.17, 15) is 28.1 Å². The lowest BCUT2D eigenvalue weighted by Gasteiger charge is -2.10. The molecule has 30 heavy (non-hydrogen) atoms. The lowest BCUT2D eigenvalue weighted by molar-refractivity contribution is -0.384. The summed E-state index contributed by atoms with van der Waals surface area (Å²) in [5, 5.41) is 22.6. The lowest BCUT2D eigenvalue weighted by Crippen LogP contribution is -2.17. The summed E-state index contributed by atoms with van der Waals surface area (Å²) in [6, 6.07) is 7.31. The molecule has 3 rings (SSSR count). The van der Waals surface area contributed by atoms with Crippen LogP contribution in [0.2, 0.25) is 0 Å². The van der Waals surface area contributed by atoms with Crippen molar-refractivity contribution in [3.63, 3.8) is 0 Å². The predicted octanol–water partition coefficient (Wildman–Crippen LogP) is 3.23. The Bertz CT molecular complexity index is 1050. The number of nitrogens with one attached hydrogen (secondary N) is 3. The largest absolute Gasteiger partial charge is 0.416 e. The fraction of sp³-hybridized carbons (Fsp3) is 0.176. The van der Waals surface area contributed by atoms with E-state index < -0.39 is 28.3 Å². The topological polar surface area (TPSA) is 139 Å². The highest BCUT2D eigenvalue weighted by Gasteiger charge is 2.33. The second-order valence-corrected chi connectivity index (χ2v) is 5.93. The minimum Gasteiger partial charge on any atom is -0.379 e. The molecule has 13 heteroatoms. The van der Waals surface area contributed by atoms with E-state index in [0.29, 0.717) is 17.6 Å². The van der Waals surface area contributed by atoms with Crippen molar-refractivity contribution in [3.05, 3.63) is 58.3 Å². The zero-order valence-corrected chi connectivity index (χ0v) is 15.1. The van der Waals surface area contributed by atoms with E-state index >= 15 is 0 Å². The number of alkyl halides is 3. The first-order chi connectivity index (χ1) is 14.2. The van der Waals surface area contributed by atoms with Gasteiger partial charge in [-0.1, -0.05) is 6.07 Å². The van der Waals surface area contributed by atoms with E-state index in [-0.39, 0.29) is 24.6 Å². The Morgan fingerprint density at radius 3 is 2.70 bits per heavy atom. The normalized spacial score (nSPS) is 11.2. The molecule has 0 saturated heterocycles. The molecule has 0 aliphatic rings. The van der Waals surface area contributed by atoms with Gasteiger partial charge in [-0.25, -0.2) is 0 Å². The van der Waals surface area contributed by atoms with Gasteiger partial charge in [-0.3, -0.25) is 30.3 Å². The van der Waals surface area contributed by atoms with Crippen LogP contribution in [0, 0.1) is 10.1 Å². The number of anilines is 2. The van der Waals surface area contributed by atoms with Crippen molar-refractivity contribution < 1.29 is 22.9 Å². The molecular weight excluding hydrogens is 407 g/mol. The standard InChI is InChI=1S/C17H14F3N7O3/c18-17(19,20)10-4-5-11(13(9-10)27(29)30)22-8-6-14(28)23-16-24-15(25-26-16)12-3-1-2-7-21-12/h1-5,7,9,22H,6,8H2,(H2,23,24,25,26,28). The number of nitro benzene ring substituents is 1. The summed E-state index contributed by atoms with van der Waals surface area (Å²) in [5.41, 5.74) is -1.47. The molecule has 3 aromatic rings. The molecule has 0 bridgehead atoms. The van der Waals surface area contributed by atoms with Gasteiger partial charge in [0.1, 0.15) is 11.4 Å². The number of nitrogens with zero attached hydrogens (tertiary/aromatic N) is 4. The first-order valence-electron chi connectivity index (χ1n) is 8.47. The van der Waals surface area contributed by atoms with Crippen LogP contribution in [0.1, 0.15) is 12.0 Å². The van der Waals surface area contributed by atoms with Crippen molar-refractivity contribution in [2.45, 2.75) is 12.6 Å². The minimum absolute atomic E-state index is 0.0150. The molecule has 10 nitrogen and oxygen atoms in total. The highest BCUT2D eigenvalue weighted by atomic mass is 19.4. The van der Waals surface area contributed by atoms with E-state index in [4.69, 9.17) is 0 Å². The van der Waals surface area contributed by atoms with Crippen molar-refractivity contribution in [2.24, 2.45) is 0 Å². The Labute approximate surface area is 166 Å². The number of rotatable bonds is 7. The van der Waals surface area contributed by atoms with Crippen LogP contribution in [-0.2, 0) is 11.0 Å². The number of pyridine rings is 1. The first-order valence-corrected chi connectivity index (χ1v) is 8.47. The Balaban J connectivity index is 1.57. The monoisotopic (exact) mass is 421 g/mol. The number of nitro groups is 1. The van der Waals surface area contributed by atoms with Gasteiger partial charge >= 0.3 is 6.18 Å². The predicted molar refractivity (Wildman–Crippen MR) is 99.4 cm³/mol. The first kappa shape index (κ1) is 20.7. The van der Waals surface area contributed by atoms with Gasteiger partial charge < -0.3 is 5.32 Å². The van der Waals surface area contributed by atoms with E-state index in [2.05, 4.69) is 30.8 Å². The number of halogens is 3. The van der Waals surface area contributed by atoms with Gasteiger partial charge in [-0.15, -0.1) is 5.10 Å². The molecule has 0 saturated carbocycles. The fourth-order valence-electron chi connectivity index (χ4n) is 2.44. The number of aromatic nitrogens is 4. The molecule has 3 N–H and O–H groups in total. The van der Waals surface area contributed by atoms with E-state index in [0.717, 1.165) is 12.1 Å². The summed E-state index contributed by atoms with van der Waals surface area (Å²) in [5.74, 6) is -0.130. The number of carbonyl (C=O) groups excluding carboxylic acids is 1. The molecule has 0 radical (unpaired) electrons. The molecule has 0 unspecified atom stereocenters. The summed E-state index contributed by atoms with van der Waals surface area (Å²) in [6.07, 6.45) is -3.26. The summed E-state index contributed by atoms with van der Waals surface area (Å²) < 4.78 is 38.2. The van der Waals surface area contributed by atoms with Crippen LogP contribution in [0.15, 0.2) is 42.6 Å². The van der Waals surface area contributed by atoms with Crippen LogP contribution in [0.3, 0.4) is 0 Å². The van der Waals surface area contributed by atoms with Crippen molar-refractivity contribution in [1.82, 2.24) is 20.2 Å². The van der Waals surface area contributed by atoms with Crippen molar-refractivity contribution in [2.75, 3.05) is 17.2 Å². The number of H-pyrrole nitrogens is 1. The average molecular weight is 421 g/mol. The molecule has 1 aromatic carbocycles. The van der Waals surface area contributed by atoms with Gasteiger partial charge in [0, 0.05) is 25.2 Å². The Morgan fingerprint density at radius 1 is 1.23 bits per heavy atom. The zero-order chi connectivity index (χ0) is 21.7.